The minimum atomic E-state index is -0.782. The molecule has 0 N–H and O–H groups in total. The van der Waals surface area contributed by atoms with E-state index in [1.54, 1.807) is 0 Å². The van der Waals surface area contributed by atoms with Crippen LogP contribution in [0.4, 0.5) is 0 Å². The Morgan fingerprint density at radius 2 is 0.574 bits per heavy atom. The third-order valence-electron chi connectivity index (χ3n) is 12.1. The van der Waals surface area contributed by atoms with Crippen LogP contribution >= 0.6 is 0 Å². The highest BCUT2D eigenvalue weighted by Gasteiger charge is 2.19. The SMILES string of the molecule is CC/C=C\C/C=C\C/C=C\C/C=C\C/C=C\C/C=C\CCCCCCCCC(=O)OCC(COC(=O)CCCCCCCCC)OC(=O)CCCCCCCCC/C=C\CCCCCCCCC. The maximum absolute atomic E-state index is 12.8. The van der Waals surface area contributed by atoms with E-state index < -0.39 is 6.10 Å². The van der Waals surface area contributed by atoms with Gasteiger partial charge in [0.1, 0.15) is 13.2 Å². The fraction of sp³-hybridized carbons (Fsp3) is 0.726. The molecule has 0 spiro atoms. The molecule has 6 nitrogen and oxygen atoms in total. The van der Waals surface area contributed by atoms with Crippen molar-refractivity contribution in [2.75, 3.05) is 13.2 Å². The highest BCUT2D eigenvalue weighted by Crippen LogP contribution is 2.15. The van der Waals surface area contributed by atoms with E-state index >= 15 is 0 Å². The topological polar surface area (TPSA) is 78.9 Å². The molecule has 0 aromatic rings. The smallest absolute Gasteiger partial charge is 0.306 e. The van der Waals surface area contributed by atoms with E-state index in [0.717, 1.165) is 109 Å². The van der Waals surface area contributed by atoms with Gasteiger partial charge in [-0.05, 0) is 96.3 Å². The molecule has 0 aliphatic carbocycles. The summed E-state index contributed by atoms with van der Waals surface area (Å²) >= 11 is 0. The van der Waals surface area contributed by atoms with Crippen LogP contribution in [0.2, 0.25) is 0 Å². The Morgan fingerprint density at radius 3 is 0.912 bits per heavy atom. The van der Waals surface area contributed by atoms with Crippen molar-refractivity contribution in [3.05, 3.63) is 85.1 Å². The highest BCUT2D eigenvalue weighted by atomic mass is 16.6. The van der Waals surface area contributed by atoms with Crippen molar-refractivity contribution in [2.24, 2.45) is 0 Å². The molecule has 0 aromatic heterocycles. The van der Waals surface area contributed by atoms with Crippen LogP contribution in [0.1, 0.15) is 271 Å². The first-order chi connectivity index (χ1) is 33.5. The van der Waals surface area contributed by atoms with E-state index in [-0.39, 0.29) is 31.1 Å². The fourth-order valence-electron chi connectivity index (χ4n) is 7.85. The van der Waals surface area contributed by atoms with Crippen LogP contribution in [0.5, 0.6) is 0 Å². The van der Waals surface area contributed by atoms with Crippen molar-refractivity contribution in [1.29, 1.82) is 0 Å². The number of hydrogen-bond acceptors (Lipinski definition) is 6. The maximum atomic E-state index is 12.8. The van der Waals surface area contributed by atoms with E-state index in [9.17, 15) is 14.4 Å². The van der Waals surface area contributed by atoms with Crippen LogP contribution in [-0.4, -0.2) is 37.2 Å². The quantitative estimate of drug-likeness (QED) is 0.0262. The molecule has 0 saturated carbocycles. The van der Waals surface area contributed by atoms with Crippen molar-refractivity contribution in [3.8, 4) is 0 Å². The molecule has 0 saturated heterocycles. The number of unbranched alkanes of at least 4 members (excludes halogenated alkanes) is 26. The third kappa shape index (κ3) is 53.5. The average molecular weight is 948 g/mol. The fourth-order valence-corrected chi connectivity index (χ4v) is 7.85. The molecule has 0 aliphatic rings. The molecule has 68 heavy (non-hydrogen) atoms. The zero-order valence-electron chi connectivity index (χ0n) is 44.6. The first kappa shape index (κ1) is 64.6. The number of esters is 3. The van der Waals surface area contributed by atoms with Gasteiger partial charge in [-0.2, -0.15) is 0 Å². The summed E-state index contributed by atoms with van der Waals surface area (Å²) in [4.78, 5) is 37.9. The Morgan fingerprint density at radius 1 is 0.309 bits per heavy atom. The van der Waals surface area contributed by atoms with Gasteiger partial charge in [0, 0.05) is 19.3 Å². The summed E-state index contributed by atoms with van der Waals surface area (Å²) in [6.45, 7) is 6.47. The van der Waals surface area contributed by atoms with Crippen LogP contribution in [0.25, 0.3) is 0 Å². The number of carbonyl (C=O) groups excluding carboxylic acids is 3. The summed E-state index contributed by atoms with van der Waals surface area (Å²) in [6.07, 6.45) is 73.1. The normalized spacial score (nSPS) is 12.7. The minimum Gasteiger partial charge on any atom is -0.462 e. The second-order valence-corrected chi connectivity index (χ2v) is 18.8. The van der Waals surface area contributed by atoms with Gasteiger partial charge in [0.15, 0.2) is 6.10 Å². The van der Waals surface area contributed by atoms with Gasteiger partial charge in [-0.1, -0.05) is 241 Å². The summed E-state index contributed by atoms with van der Waals surface area (Å²) in [5, 5.41) is 0. The van der Waals surface area contributed by atoms with Gasteiger partial charge in [0.2, 0.25) is 0 Å². The van der Waals surface area contributed by atoms with Gasteiger partial charge >= 0.3 is 17.9 Å². The van der Waals surface area contributed by atoms with E-state index in [0.29, 0.717) is 19.3 Å². The van der Waals surface area contributed by atoms with Gasteiger partial charge in [-0.15, -0.1) is 0 Å². The Labute approximate surface area is 420 Å². The van der Waals surface area contributed by atoms with Gasteiger partial charge in [-0.3, -0.25) is 14.4 Å². The molecule has 0 heterocycles. The summed E-state index contributed by atoms with van der Waals surface area (Å²) in [5.74, 6) is -0.904. The van der Waals surface area contributed by atoms with E-state index in [1.165, 1.54) is 122 Å². The predicted octanol–water partition coefficient (Wildman–Crippen LogP) is 19.2. The van der Waals surface area contributed by atoms with E-state index in [1.807, 2.05) is 0 Å². The van der Waals surface area contributed by atoms with Gasteiger partial charge in [0.05, 0.1) is 0 Å². The first-order valence-corrected chi connectivity index (χ1v) is 28.6. The summed E-state index contributed by atoms with van der Waals surface area (Å²) in [5.41, 5.74) is 0. The second kappa shape index (κ2) is 56.2. The Kier molecular flexibility index (Phi) is 53.4. The van der Waals surface area contributed by atoms with E-state index in [2.05, 4.69) is 106 Å². The Bertz CT molecular complexity index is 1320. The standard InChI is InChI=1S/C62H106O6/c1-4-7-10-13-16-18-20-22-24-26-28-29-30-31-32-33-34-36-37-39-41-43-46-49-52-55-61(64)67-58-59(57-66-60(63)54-51-48-45-15-12-9-6-3)68-62(65)56-53-50-47-44-42-40-38-35-27-25-23-21-19-17-14-11-8-5-2/h7,10,16,18,22,24-25,27-29,31-32,34,36,59H,4-6,8-9,11-15,17,19-21,23,26,30,33,35,37-58H2,1-3H3/b10-7-,18-16-,24-22-,27-25-,29-28-,32-31-,36-34-. The Hall–Kier alpha value is -3.41. The predicted molar refractivity (Wildman–Crippen MR) is 293 cm³/mol. The molecular formula is C62H106O6. The molecule has 6 heteroatoms. The molecule has 0 bridgehead atoms. The zero-order chi connectivity index (χ0) is 49.3. The van der Waals surface area contributed by atoms with Gasteiger partial charge in [-0.25, -0.2) is 0 Å². The lowest BCUT2D eigenvalue weighted by molar-refractivity contribution is -0.167. The van der Waals surface area contributed by atoms with Gasteiger partial charge in [0.25, 0.3) is 0 Å². The van der Waals surface area contributed by atoms with Crippen molar-refractivity contribution >= 4 is 17.9 Å². The van der Waals surface area contributed by atoms with Crippen LogP contribution in [-0.2, 0) is 28.6 Å². The zero-order valence-corrected chi connectivity index (χ0v) is 44.6. The van der Waals surface area contributed by atoms with Gasteiger partial charge < -0.3 is 14.2 Å². The summed E-state index contributed by atoms with van der Waals surface area (Å²) < 4.78 is 16.8. The lowest BCUT2D eigenvalue weighted by atomic mass is 10.1. The van der Waals surface area contributed by atoms with E-state index in [4.69, 9.17) is 14.2 Å². The van der Waals surface area contributed by atoms with Crippen molar-refractivity contribution in [1.82, 2.24) is 0 Å². The average Bonchev–Trinajstić information content (AvgIpc) is 3.34. The molecule has 0 aliphatic heterocycles. The minimum absolute atomic E-state index is 0.0821. The van der Waals surface area contributed by atoms with Crippen LogP contribution in [0.15, 0.2) is 85.1 Å². The number of rotatable bonds is 51. The van der Waals surface area contributed by atoms with Crippen molar-refractivity contribution in [2.45, 2.75) is 277 Å². The number of carbonyl (C=O) groups is 3. The lowest BCUT2D eigenvalue weighted by Crippen LogP contribution is -2.30. The highest BCUT2D eigenvalue weighted by molar-refractivity contribution is 5.71. The molecular weight excluding hydrogens is 841 g/mol. The van der Waals surface area contributed by atoms with Crippen LogP contribution in [0, 0.1) is 0 Å². The summed E-state index contributed by atoms with van der Waals surface area (Å²) in [7, 11) is 0. The van der Waals surface area contributed by atoms with Crippen molar-refractivity contribution < 1.29 is 28.6 Å². The third-order valence-corrected chi connectivity index (χ3v) is 12.1. The van der Waals surface area contributed by atoms with Crippen LogP contribution < -0.4 is 0 Å². The molecule has 0 rings (SSSR count). The monoisotopic (exact) mass is 947 g/mol. The molecule has 1 atom stereocenters. The maximum Gasteiger partial charge on any atom is 0.306 e. The Balaban J connectivity index is 4.24. The first-order valence-electron chi connectivity index (χ1n) is 28.6. The molecule has 0 fully saturated rings. The molecule has 0 aromatic carbocycles. The lowest BCUT2D eigenvalue weighted by Gasteiger charge is -2.18. The van der Waals surface area contributed by atoms with Crippen molar-refractivity contribution in [3.63, 3.8) is 0 Å². The largest absolute Gasteiger partial charge is 0.462 e. The van der Waals surface area contributed by atoms with Crippen LogP contribution in [0.3, 0.4) is 0 Å². The molecule has 1 unspecified atom stereocenters. The molecule has 390 valence electrons. The summed E-state index contributed by atoms with van der Waals surface area (Å²) in [6, 6.07) is 0. The number of ether oxygens (including phenoxy) is 3. The molecule has 0 radical (unpaired) electrons. The second-order valence-electron chi connectivity index (χ2n) is 18.8. The number of hydrogen-bond donors (Lipinski definition) is 0. The molecule has 0 amide bonds. The number of allylic oxidation sites excluding steroid dienone is 14.